The maximum absolute atomic E-state index is 12.0. The maximum Gasteiger partial charge on any atom is 0.277 e. The molecule has 0 unspecified atom stereocenters. The van der Waals surface area contributed by atoms with Crippen LogP contribution in [0.5, 0.6) is 11.5 Å². The van der Waals surface area contributed by atoms with Crippen molar-refractivity contribution in [2.75, 3.05) is 13.7 Å². The fourth-order valence-corrected chi connectivity index (χ4v) is 2.83. The lowest BCUT2D eigenvalue weighted by Crippen LogP contribution is -2.24. The summed E-state index contributed by atoms with van der Waals surface area (Å²) in [4.78, 5) is 12.0. The van der Waals surface area contributed by atoms with Gasteiger partial charge in [-0.25, -0.2) is 5.43 Å². The van der Waals surface area contributed by atoms with E-state index in [9.17, 15) is 4.79 Å². The molecular formula is C19H15Cl2N3O4. The van der Waals surface area contributed by atoms with Crippen molar-refractivity contribution >= 4 is 35.3 Å². The Balaban J connectivity index is 1.62. The Bertz CT molecular complexity index is 974. The molecule has 0 aliphatic rings. The first-order chi connectivity index (χ1) is 13.6. The summed E-state index contributed by atoms with van der Waals surface area (Å²) in [6.45, 7) is -0.303. The highest BCUT2D eigenvalue weighted by Gasteiger charge is 2.16. The summed E-state index contributed by atoms with van der Waals surface area (Å²) in [5.74, 6) is 0.950. The van der Waals surface area contributed by atoms with Gasteiger partial charge in [0.25, 0.3) is 5.91 Å². The number of nitrogens with one attached hydrogen (secondary N) is 1. The van der Waals surface area contributed by atoms with Crippen molar-refractivity contribution < 1.29 is 18.8 Å². The van der Waals surface area contributed by atoms with Gasteiger partial charge in [0, 0.05) is 11.1 Å². The number of carbonyl (C=O) groups is 1. The molecule has 3 rings (SSSR count). The van der Waals surface area contributed by atoms with Crippen LogP contribution in [0.3, 0.4) is 0 Å². The van der Waals surface area contributed by atoms with E-state index < -0.39 is 5.91 Å². The summed E-state index contributed by atoms with van der Waals surface area (Å²) in [5.41, 5.74) is 3.68. The number of hydrogen-bond acceptors (Lipinski definition) is 6. The molecule has 0 aliphatic heterocycles. The van der Waals surface area contributed by atoms with Gasteiger partial charge in [0.15, 0.2) is 12.4 Å². The van der Waals surface area contributed by atoms with Crippen LogP contribution in [-0.4, -0.2) is 31.0 Å². The number of methoxy groups -OCH3 is 1. The van der Waals surface area contributed by atoms with Crippen LogP contribution in [0.15, 0.2) is 58.3 Å². The summed E-state index contributed by atoms with van der Waals surface area (Å²) in [6, 6.07) is 12.0. The Labute approximate surface area is 170 Å². The second-order valence-corrected chi connectivity index (χ2v) is 6.34. The summed E-state index contributed by atoms with van der Waals surface area (Å²) in [6.07, 6.45) is 2.99. The maximum atomic E-state index is 12.0. The zero-order chi connectivity index (χ0) is 19.9. The van der Waals surface area contributed by atoms with E-state index in [2.05, 4.69) is 15.7 Å². The van der Waals surface area contributed by atoms with Crippen LogP contribution in [0, 0.1) is 0 Å². The average molecular weight is 420 g/mol. The van der Waals surface area contributed by atoms with Crippen LogP contribution >= 0.6 is 23.2 Å². The van der Waals surface area contributed by atoms with Gasteiger partial charge in [-0.2, -0.15) is 5.10 Å². The van der Waals surface area contributed by atoms with Crippen LogP contribution in [0.2, 0.25) is 10.0 Å². The lowest BCUT2D eigenvalue weighted by Gasteiger charge is -2.11. The van der Waals surface area contributed by atoms with Gasteiger partial charge in [0.2, 0.25) is 0 Å². The van der Waals surface area contributed by atoms with Gasteiger partial charge in [0.05, 0.1) is 30.1 Å². The number of nitrogens with zero attached hydrogens (tertiary/aromatic N) is 2. The molecule has 1 aromatic heterocycles. The van der Waals surface area contributed by atoms with Crippen molar-refractivity contribution in [3.8, 4) is 22.8 Å². The quantitative estimate of drug-likeness (QED) is 0.458. The number of hydrazone groups is 1. The van der Waals surface area contributed by atoms with Gasteiger partial charge < -0.3 is 14.0 Å². The molecule has 1 heterocycles. The summed E-state index contributed by atoms with van der Waals surface area (Å²) in [7, 11) is 1.59. The number of ether oxygens (including phenoxy) is 2. The van der Waals surface area contributed by atoms with Crippen LogP contribution in [0.1, 0.15) is 5.56 Å². The predicted molar refractivity (Wildman–Crippen MR) is 106 cm³/mol. The van der Waals surface area contributed by atoms with Crippen molar-refractivity contribution in [2.24, 2.45) is 5.10 Å². The molecule has 0 fully saturated rings. The molecular weight excluding hydrogens is 405 g/mol. The number of amides is 1. The molecule has 0 spiro atoms. The SMILES string of the molecule is COc1ccc(/C=N\NC(=O)COc2c(Cl)cc(Cl)cc2-c2ccno2)cc1. The Morgan fingerprint density at radius 1 is 1.25 bits per heavy atom. The fraction of sp³-hybridized carbons (Fsp3) is 0.105. The second-order valence-electron chi connectivity index (χ2n) is 5.50. The van der Waals surface area contributed by atoms with E-state index in [1.165, 1.54) is 18.5 Å². The Morgan fingerprint density at radius 3 is 2.71 bits per heavy atom. The molecule has 2 aromatic carbocycles. The third kappa shape index (κ3) is 5.03. The van der Waals surface area contributed by atoms with Gasteiger partial charge in [-0.15, -0.1) is 0 Å². The van der Waals surface area contributed by atoms with E-state index in [0.29, 0.717) is 16.3 Å². The summed E-state index contributed by atoms with van der Waals surface area (Å²) < 4.78 is 15.8. The third-order valence-corrected chi connectivity index (χ3v) is 4.08. The molecule has 0 saturated heterocycles. The minimum Gasteiger partial charge on any atom is -0.497 e. The predicted octanol–water partition coefficient (Wildman–Crippen LogP) is 4.19. The minimum atomic E-state index is -0.459. The second kappa shape index (κ2) is 9.25. The van der Waals surface area contributed by atoms with Crippen molar-refractivity contribution in [2.45, 2.75) is 0 Å². The van der Waals surface area contributed by atoms with E-state index in [-0.39, 0.29) is 17.4 Å². The Hall–Kier alpha value is -3.03. The standard InChI is InChI=1S/C19H15Cl2N3O4/c1-26-14-4-2-12(3-5-14)10-22-24-18(25)11-27-19-15(17-6-7-23-28-17)8-13(20)9-16(19)21/h2-10H,11H2,1H3,(H,24,25)/b22-10-. The summed E-state index contributed by atoms with van der Waals surface area (Å²) >= 11 is 12.2. The normalized spacial score (nSPS) is 10.8. The zero-order valence-corrected chi connectivity index (χ0v) is 16.2. The molecule has 0 atom stereocenters. The molecule has 3 aromatic rings. The van der Waals surface area contributed by atoms with Crippen LogP contribution < -0.4 is 14.9 Å². The molecule has 0 bridgehead atoms. The van der Waals surface area contributed by atoms with E-state index >= 15 is 0 Å². The number of carbonyl (C=O) groups excluding carboxylic acids is 1. The van der Waals surface area contributed by atoms with Crippen LogP contribution in [0.4, 0.5) is 0 Å². The molecule has 1 amide bonds. The highest BCUT2D eigenvalue weighted by Crippen LogP contribution is 2.38. The molecule has 9 heteroatoms. The topological polar surface area (TPSA) is 86.0 Å². The highest BCUT2D eigenvalue weighted by atomic mass is 35.5. The zero-order valence-electron chi connectivity index (χ0n) is 14.7. The molecule has 0 aliphatic carbocycles. The van der Waals surface area contributed by atoms with Crippen molar-refractivity contribution in [3.05, 3.63) is 64.3 Å². The van der Waals surface area contributed by atoms with Crippen molar-refractivity contribution in [1.29, 1.82) is 0 Å². The number of halogens is 2. The number of rotatable bonds is 7. The van der Waals surface area contributed by atoms with Gasteiger partial charge in [-0.05, 0) is 42.0 Å². The van der Waals surface area contributed by atoms with E-state index in [1.54, 1.807) is 31.4 Å². The Morgan fingerprint density at radius 2 is 2.04 bits per heavy atom. The first-order valence-corrected chi connectivity index (χ1v) is 8.81. The third-order valence-electron chi connectivity index (χ3n) is 3.58. The lowest BCUT2D eigenvalue weighted by atomic mass is 10.1. The molecule has 28 heavy (non-hydrogen) atoms. The van der Waals surface area contributed by atoms with Crippen molar-refractivity contribution in [3.63, 3.8) is 0 Å². The van der Waals surface area contributed by atoms with Gasteiger partial charge in [-0.3, -0.25) is 4.79 Å². The fourth-order valence-electron chi connectivity index (χ4n) is 2.28. The number of benzene rings is 2. The van der Waals surface area contributed by atoms with Gasteiger partial charge >= 0.3 is 0 Å². The van der Waals surface area contributed by atoms with E-state index in [0.717, 1.165) is 11.3 Å². The molecule has 0 radical (unpaired) electrons. The summed E-state index contributed by atoms with van der Waals surface area (Å²) in [5, 5.41) is 8.19. The molecule has 7 nitrogen and oxygen atoms in total. The molecule has 1 N–H and O–H groups in total. The van der Waals surface area contributed by atoms with Gasteiger partial charge in [0.1, 0.15) is 11.5 Å². The smallest absolute Gasteiger partial charge is 0.277 e. The van der Waals surface area contributed by atoms with Gasteiger partial charge in [-0.1, -0.05) is 28.4 Å². The lowest BCUT2D eigenvalue weighted by molar-refractivity contribution is -0.123. The molecule has 144 valence electrons. The number of hydrogen-bond donors (Lipinski definition) is 1. The minimum absolute atomic E-state index is 0.244. The average Bonchev–Trinajstić information content (AvgIpc) is 3.22. The monoisotopic (exact) mass is 419 g/mol. The Kier molecular flexibility index (Phi) is 6.52. The first-order valence-electron chi connectivity index (χ1n) is 8.05. The number of aromatic nitrogens is 1. The van der Waals surface area contributed by atoms with E-state index in [1.807, 2.05) is 12.1 Å². The first kappa shape index (κ1) is 19.7. The molecule has 0 saturated carbocycles. The largest absolute Gasteiger partial charge is 0.497 e. The highest BCUT2D eigenvalue weighted by molar-refractivity contribution is 6.36. The van der Waals surface area contributed by atoms with Crippen molar-refractivity contribution in [1.82, 2.24) is 10.6 Å². The van der Waals surface area contributed by atoms with Crippen LogP contribution in [-0.2, 0) is 4.79 Å². The van der Waals surface area contributed by atoms with E-state index in [4.69, 9.17) is 37.2 Å². The van der Waals surface area contributed by atoms with Crippen LogP contribution in [0.25, 0.3) is 11.3 Å².